The number of carbonyl (C=O) groups excluding carboxylic acids is 2. The summed E-state index contributed by atoms with van der Waals surface area (Å²) in [7, 11) is 1.53. The molecule has 2 aromatic rings. The molecule has 2 aliphatic rings. The predicted molar refractivity (Wildman–Crippen MR) is 116 cm³/mol. The van der Waals surface area contributed by atoms with Crippen molar-refractivity contribution < 1.29 is 28.6 Å². The van der Waals surface area contributed by atoms with Gasteiger partial charge < -0.3 is 19.5 Å². The van der Waals surface area contributed by atoms with E-state index in [9.17, 15) is 19.1 Å². The number of halogens is 1. The van der Waals surface area contributed by atoms with Crippen molar-refractivity contribution in [2.24, 2.45) is 0 Å². The fourth-order valence-corrected chi connectivity index (χ4v) is 4.08. The van der Waals surface area contributed by atoms with Crippen molar-refractivity contribution in [1.82, 2.24) is 9.80 Å². The summed E-state index contributed by atoms with van der Waals surface area (Å²) < 4.78 is 24.1. The number of hydrogen-bond acceptors (Lipinski definition) is 6. The molecule has 2 aromatic carbocycles. The molecule has 32 heavy (non-hydrogen) atoms. The Labute approximate surface area is 185 Å². The monoisotopic (exact) mass is 440 g/mol. The predicted octanol–water partition coefficient (Wildman–Crippen LogP) is 2.59. The van der Waals surface area contributed by atoms with Gasteiger partial charge in [0.2, 0.25) is 0 Å². The Bertz CT molecular complexity index is 1010. The molecule has 0 unspecified atom stereocenters. The topological polar surface area (TPSA) is 79.3 Å². The van der Waals surface area contributed by atoms with E-state index in [-0.39, 0.29) is 11.3 Å². The second-order valence-electron chi connectivity index (χ2n) is 7.73. The van der Waals surface area contributed by atoms with Crippen LogP contribution in [0.4, 0.5) is 4.39 Å². The van der Waals surface area contributed by atoms with Gasteiger partial charge in [-0.05, 0) is 42.0 Å². The molecule has 0 aromatic heterocycles. The number of Topliss-reactive ketones (excluding diaryl/α,β-unsaturated/α-hetero) is 1. The molecule has 0 saturated carbocycles. The Morgan fingerprint density at radius 2 is 1.72 bits per heavy atom. The quantitative estimate of drug-likeness (QED) is 0.423. The van der Waals surface area contributed by atoms with Crippen LogP contribution in [0.3, 0.4) is 0 Å². The van der Waals surface area contributed by atoms with E-state index in [2.05, 4.69) is 4.90 Å². The van der Waals surface area contributed by atoms with Gasteiger partial charge in [-0.25, -0.2) is 4.39 Å². The number of carbonyl (C=O) groups is 2. The number of ether oxygens (including phenoxy) is 2. The average molecular weight is 440 g/mol. The molecule has 1 amide bonds. The van der Waals surface area contributed by atoms with Crippen molar-refractivity contribution in [3.63, 3.8) is 0 Å². The van der Waals surface area contributed by atoms with E-state index in [0.717, 1.165) is 13.1 Å². The number of likely N-dealkylation sites (tertiary alicyclic amines) is 1. The number of aliphatic hydroxyl groups is 1. The standard InChI is InChI=1S/C24H25FN2O5/c1-31-19-8-4-17(5-9-19)22(28)20-21(16-2-6-18(25)7-3-16)27(24(30)23(20)29)11-10-26-12-14-32-15-13-26/h2-9,21,28H,10-15H2,1H3/b22-20+/t21-/m1/s1. The molecule has 2 saturated heterocycles. The number of benzene rings is 2. The van der Waals surface area contributed by atoms with Crippen LogP contribution in [0.25, 0.3) is 5.76 Å². The van der Waals surface area contributed by atoms with E-state index in [1.54, 1.807) is 24.3 Å². The number of hydrogen-bond donors (Lipinski definition) is 1. The number of rotatable bonds is 6. The third kappa shape index (κ3) is 4.37. The first-order valence-electron chi connectivity index (χ1n) is 10.5. The Hall–Kier alpha value is -3.23. The number of morpholine rings is 1. The fourth-order valence-electron chi connectivity index (χ4n) is 4.08. The zero-order chi connectivity index (χ0) is 22.7. The molecule has 0 spiro atoms. The summed E-state index contributed by atoms with van der Waals surface area (Å²) in [6.07, 6.45) is 0. The van der Waals surface area contributed by atoms with Crippen molar-refractivity contribution in [3.8, 4) is 5.75 Å². The van der Waals surface area contributed by atoms with Crippen LogP contribution in [0.5, 0.6) is 5.75 Å². The minimum absolute atomic E-state index is 0.00578. The highest BCUT2D eigenvalue weighted by Crippen LogP contribution is 2.39. The number of aliphatic hydroxyl groups excluding tert-OH is 1. The maximum Gasteiger partial charge on any atom is 0.295 e. The molecule has 8 heteroatoms. The highest BCUT2D eigenvalue weighted by molar-refractivity contribution is 6.46. The lowest BCUT2D eigenvalue weighted by atomic mass is 9.95. The van der Waals surface area contributed by atoms with Crippen LogP contribution in [0.1, 0.15) is 17.2 Å². The van der Waals surface area contributed by atoms with Crippen LogP contribution in [0, 0.1) is 5.82 Å². The Balaban J connectivity index is 1.71. The van der Waals surface area contributed by atoms with E-state index in [4.69, 9.17) is 9.47 Å². The van der Waals surface area contributed by atoms with Crippen LogP contribution in [0.15, 0.2) is 54.1 Å². The van der Waals surface area contributed by atoms with Crippen LogP contribution in [-0.2, 0) is 14.3 Å². The molecular weight excluding hydrogens is 415 g/mol. The Morgan fingerprint density at radius 1 is 1.06 bits per heavy atom. The third-order valence-corrected chi connectivity index (χ3v) is 5.85. The molecule has 0 aliphatic carbocycles. The van der Waals surface area contributed by atoms with E-state index < -0.39 is 23.5 Å². The molecule has 2 aliphatic heterocycles. The van der Waals surface area contributed by atoms with Gasteiger partial charge in [0.25, 0.3) is 11.7 Å². The zero-order valence-electron chi connectivity index (χ0n) is 17.8. The minimum Gasteiger partial charge on any atom is -0.507 e. The molecule has 1 atom stereocenters. The van der Waals surface area contributed by atoms with Gasteiger partial charge in [0.05, 0.1) is 31.9 Å². The van der Waals surface area contributed by atoms with Crippen molar-refractivity contribution in [2.75, 3.05) is 46.5 Å². The largest absolute Gasteiger partial charge is 0.507 e. The van der Waals surface area contributed by atoms with Gasteiger partial charge in [0, 0.05) is 31.7 Å². The normalized spacial score (nSPS) is 21.2. The lowest BCUT2D eigenvalue weighted by Crippen LogP contribution is -2.42. The van der Waals surface area contributed by atoms with Crippen LogP contribution in [0.2, 0.25) is 0 Å². The first-order valence-corrected chi connectivity index (χ1v) is 10.5. The molecular formula is C24H25FN2O5. The number of methoxy groups -OCH3 is 1. The van der Waals surface area contributed by atoms with Crippen LogP contribution in [-0.4, -0.2) is 73.1 Å². The summed E-state index contributed by atoms with van der Waals surface area (Å²) >= 11 is 0. The van der Waals surface area contributed by atoms with Crippen LogP contribution >= 0.6 is 0 Å². The fraction of sp³-hybridized carbons (Fsp3) is 0.333. The van der Waals surface area contributed by atoms with E-state index in [0.29, 0.717) is 43.2 Å². The van der Waals surface area contributed by atoms with Gasteiger partial charge >= 0.3 is 0 Å². The van der Waals surface area contributed by atoms with Crippen LogP contribution < -0.4 is 4.74 Å². The van der Waals surface area contributed by atoms with Gasteiger partial charge in [-0.15, -0.1) is 0 Å². The zero-order valence-corrected chi connectivity index (χ0v) is 17.8. The maximum atomic E-state index is 13.6. The van der Waals surface area contributed by atoms with Gasteiger partial charge in [-0.2, -0.15) is 0 Å². The van der Waals surface area contributed by atoms with Gasteiger partial charge in [0.1, 0.15) is 17.3 Å². The highest BCUT2D eigenvalue weighted by Gasteiger charge is 2.46. The summed E-state index contributed by atoms with van der Waals surface area (Å²) in [5, 5.41) is 11.0. The molecule has 0 bridgehead atoms. The number of ketones is 1. The van der Waals surface area contributed by atoms with Gasteiger partial charge in [-0.1, -0.05) is 12.1 Å². The van der Waals surface area contributed by atoms with Gasteiger partial charge in [-0.3, -0.25) is 14.5 Å². The van der Waals surface area contributed by atoms with Crippen molar-refractivity contribution in [1.29, 1.82) is 0 Å². The Morgan fingerprint density at radius 3 is 2.34 bits per heavy atom. The number of amides is 1. The van der Waals surface area contributed by atoms with E-state index in [1.165, 1.54) is 36.3 Å². The van der Waals surface area contributed by atoms with Crippen molar-refractivity contribution in [2.45, 2.75) is 6.04 Å². The molecule has 4 rings (SSSR count). The van der Waals surface area contributed by atoms with Crippen molar-refractivity contribution >= 4 is 17.4 Å². The molecule has 1 N–H and O–H groups in total. The lowest BCUT2D eigenvalue weighted by Gasteiger charge is -2.31. The summed E-state index contributed by atoms with van der Waals surface area (Å²) in [6, 6.07) is 11.4. The maximum absolute atomic E-state index is 13.6. The van der Waals surface area contributed by atoms with E-state index >= 15 is 0 Å². The summed E-state index contributed by atoms with van der Waals surface area (Å²) in [5.74, 6) is -1.52. The minimum atomic E-state index is -0.807. The second-order valence-corrected chi connectivity index (χ2v) is 7.73. The highest BCUT2D eigenvalue weighted by atomic mass is 19.1. The average Bonchev–Trinajstić information content (AvgIpc) is 3.08. The molecule has 7 nitrogen and oxygen atoms in total. The first kappa shape index (κ1) is 22.0. The van der Waals surface area contributed by atoms with Crippen molar-refractivity contribution in [3.05, 3.63) is 71.0 Å². The lowest BCUT2D eigenvalue weighted by molar-refractivity contribution is -0.140. The molecule has 0 radical (unpaired) electrons. The third-order valence-electron chi connectivity index (χ3n) is 5.85. The Kier molecular flexibility index (Phi) is 6.53. The molecule has 2 heterocycles. The summed E-state index contributed by atoms with van der Waals surface area (Å²) in [4.78, 5) is 29.6. The summed E-state index contributed by atoms with van der Waals surface area (Å²) in [6.45, 7) is 3.60. The SMILES string of the molecule is COc1ccc(/C(O)=C2\C(=O)C(=O)N(CCN3CCOCC3)[C@@H]2c2ccc(F)cc2)cc1. The first-order chi connectivity index (χ1) is 15.5. The van der Waals surface area contributed by atoms with Gasteiger partial charge in [0.15, 0.2) is 0 Å². The summed E-state index contributed by atoms with van der Waals surface area (Å²) in [5.41, 5.74) is 0.945. The molecule has 168 valence electrons. The van der Waals surface area contributed by atoms with E-state index in [1.807, 2.05) is 0 Å². The molecule has 2 fully saturated rings. The second kappa shape index (κ2) is 9.50. The number of nitrogens with zero attached hydrogens (tertiary/aromatic N) is 2. The smallest absolute Gasteiger partial charge is 0.295 e.